The van der Waals surface area contributed by atoms with Crippen LogP contribution in [0.25, 0.3) is 22.3 Å². The lowest BCUT2D eigenvalue weighted by molar-refractivity contribution is -0.172. The average molecular weight is 1000 g/mol. The molecule has 2 aliphatic rings. The Morgan fingerprint density at radius 2 is 1.72 bits per heavy atom. The van der Waals surface area contributed by atoms with Gasteiger partial charge in [-0.3, -0.25) is 24.0 Å². The number of aryl methyl sites for hydroxylation is 2. The number of esters is 1. The molecule has 0 aliphatic carbocycles. The number of nitrogens with zero attached hydrogens (tertiary/aromatic N) is 5. The van der Waals surface area contributed by atoms with Gasteiger partial charge in [0, 0.05) is 60.6 Å². The Balaban J connectivity index is 1.05. The van der Waals surface area contributed by atoms with Crippen molar-refractivity contribution in [2.24, 2.45) is 5.92 Å². The molecule has 0 spiro atoms. The van der Waals surface area contributed by atoms with Crippen LogP contribution in [-0.4, -0.2) is 120 Å². The highest BCUT2D eigenvalue weighted by Gasteiger charge is 2.45. The fourth-order valence-corrected chi connectivity index (χ4v) is 9.07. The highest BCUT2D eigenvalue weighted by atomic mass is 32.2. The third-order valence-corrected chi connectivity index (χ3v) is 13.5. The van der Waals surface area contributed by atoms with Crippen LogP contribution in [0, 0.1) is 30.5 Å². The van der Waals surface area contributed by atoms with Gasteiger partial charge in [-0.1, -0.05) is 32.6 Å². The second-order valence-corrected chi connectivity index (χ2v) is 20.6. The molecule has 5 N–H and O–H groups in total. The van der Waals surface area contributed by atoms with Crippen LogP contribution in [0.3, 0.4) is 0 Å². The first-order valence-electron chi connectivity index (χ1n) is 23.7. The number of unbranched alkanes of at least 4 members (excludes halogenated alkanes) is 2. The topological polar surface area (TPSA) is 261 Å². The lowest BCUT2D eigenvalue weighted by Gasteiger charge is -2.31. The summed E-state index contributed by atoms with van der Waals surface area (Å²) >= 11 is 0. The quantitative estimate of drug-likeness (QED) is 0.0306. The van der Waals surface area contributed by atoms with Crippen molar-refractivity contribution in [3.63, 3.8) is 0 Å². The number of amides is 4. The van der Waals surface area contributed by atoms with Gasteiger partial charge >= 0.3 is 5.97 Å². The summed E-state index contributed by atoms with van der Waals surface area (Å²) in [7, 11) is 0.320. The summed E-state index contributed by atoms with van der Waals surface area (Å²) in [5.74, 6) is 2.14. The highest BCUT2D eigenvalue weighted by Crippen LogP contribution is 2.41. The minimum atomic E-state index is -3.54. The minimum Gasteiger partial charge on any atom is -0.458 e. The average Bonchev–Trinajstić information content (AvgIpc) is 3.69. The van der Waals surface area contributed by atoms with Crippen LogP contribution < -0.4 is 26.8 Å². The van der Waals surface area contributed by atoms with E-state index in [0.717, 1.165) is 30.3 Å². The van der Waals surface area contributed by atoms with E-state index in [1.165, 1.54) is 23.0 Å². The van der Waals surface area contributed by atoms with Gasteiger partial charge in [0.25, 0.3) is 5.56 Å². The molecule has 0 saturated heterocycles. The number of aromatic nitrogens is 4. The summed E-state index contributed by atoms with van der Waals surface area (Å²) in [6, 6.07) is 2.69. The number of carbonyl (C=O) groups excluding carboxylic acids is 5. The molecule has 4 amide bonds. The van der Waals surface area contributed by atoms with E-state index in [2.05, 4.69) is 43.1 Å². The Morgan fingerprint density at radius 3 is 2.39 bits per heavy atom. The number of nitrogens with one attached hydrogen (secondary N) is 4. The van der Waals surface area contributed by atoms with Gasteiger partial charge in [-0.05, 0) is 102 Å². The molecule has 2 aliphatic heterocycles. The van der Waals surface area contributed by atoms with Gasteiger partial charge in [0.05, 0.1) is 41.1 Å². The van der Waals surface area contributed by atoms with Gasteiger partial charge in [-0.25, -0.2) is 32.6 Å². The standard InChI is InChI=1S/C50H62FN9O10S/c1-8-50(67)36-22-40-44-34(27-60(40)47(65)35(36)28-70-48(50)66)32(33-21-30(4)37(51)23-39(33)56-44)16-14-19-52-42(62)26-53-45(63)38(17-12-13-20-59(5)6)57-46(64)43(29(2)3)58-41(61)18-11-9-10-15-31-24-54-49(55-25-31)71(7,68)69/h21-25,29,38,43,67H,8-9,11-14,16-20,26-28H2,1-7H3,(H,52,62)(H,53,63)(H,57,64)(H,58,61)/t38?,43?,50-/m0/s1. The number of sulfone groups is 1. The number of halogens is 1. The van der Waals surface area contributed by atoms with Crippen LogP contribution in [0.4, 0.5) is 4.39 Å². The van der Waals surface area contributed by atoms with Crippen molar-refractivity contribution in [2.75, 3.05) is 40.0 Å². The third kappa shape index (κ3) is 12.8. The molecular formula is C50H62FN9O10S. The second-order valence-electron chi connectivity index (χ2n) is 18.6. The van der Waals surface area contributed by atoms with Crippen molar-refractivity contribution in [3.05, 3.63) is 80.1 Å². The lowest BCUT2D eigenvalue weighted by Crippen LogP contribution is -2.56. The molecule has 380 valence electrons. The number of hydrogen-bond donors (Lipinski definition) is 5. The van der Waals surface area contributed by atoms with Gasteiger partial charge in [0.15, 0.2) is 5.60 Å². The number of fused-ring (bicyclic) bond motifs is 5. The fourth-order valence-electron chi connectivity index (χ4n) is 8.58. The third-order valence-electron chi connectivity index (χ3n) is 12.6. The summed E-state index contributed by atoms with van der Waals surface area (Å²) in [5.41, 5.74) is 1.43. The Hall–Kier alpha value is -6.63. The van der Waals surface area contributed by atoms with Crippen molar-refractivity contribution in [2.45, 2.75) is 121 Å². The highest BCUT2D eigenvalue weighted by molar-refractivity contribution is 7.90. The Bertz CT molecular complexity index is 2950. The second kappa shape index (κ2) is 23.1. The smallest absolute Gasteiger partial charge is 0.343 e. The zero-order valence-electron chi connectivity index (χ0n) is 41.2. The molecule has 4 aromatic rings. The molecule has 71 heavy (non-hydrogen) atoms. The lowest BCUT2D eigenvalue weighted by atomic mass is 9.86. The molecule has 19 nitrogen and oxygen atoms in total. The van der Waals surface area contributed by atoms with Crippen molar-refractivity contribution in [3.8, 4) is 23.2 Å². The number of pyridine rings is 2. The number of ether oxygens (including phenoxy) is 1. The Labute approximate surface area is 412 Å². The molecule has 2 unspecified atom stereocenters. The van der Waals surface area contributed by atoms with Gasteiger partial charge in [0.1, 0.15) is 24.5 Å². The number of cyclic esters (lactones) is 1. The van der Waals surface area contributed by atoms with Gasteiger partial charge in [0.2, 0.25) is 38.6 Å². The maximum Gasteiger partial charge on any atom is 0.343 e. The van der Waals surface area contributed by atoms with E-state index >= 15 is 0 Å². The van der Waals surface area contributed by atoms with Crippen LogP contribution in [0.1, 0.15) is 106 Å². The first-order valence-corrected chi connectivity index (χ1v) is 25.6. The minimum absolute atomic E-state index is 0.0191. The predicted molar refractivity (Wildman–Crippen MR) is 261 cm³/mol. The normalized spacial score (nSPS) is 15.7. The van der Waals surface area contributed by atoms with Crippen molar-refractivity contribution in [1.82, 2.24) is 45.7 Å². The monoisotopic (exact) mass is 999 g/mol. The number of carbonyl (C=O) groups is 5. The number of rotatable bonds is 21. The zero-order chi connectivity index (χ0) is 51.8. The first kappa shape index (κ1) is 53.7. The molecule has 3 aromatic heterocycles. The van der Waals surface area contributed by atoms with E-state index in [1.54, 1.807) is 39.8 Å². The predicted octanol–water partition coefficient (Wildman–Crippen LogP) is 2.47. The van der Waals surface area contributed by atoms with E-state index in [0.29, 0.717) is 65.5 Å². The summed E-state index contributed by atoms with van der Waals surface area (Å²) in [6.45, 7) is 7.25. The molecule has 5 heterocycles. The van der Waals surface area contributed by atoms with Crippen molar-refractivity contribution >= 4 is 50.3 Å². The summed E-state index contributed by atoms with van der Waals surface area (Å²) < 4.78 is 44.9. The number of hydrogen-bond acceptors (Lipinski definition) is 14. The molecule has 0 radical (unpaired) electrons. The number of aliphatic hydroxyl groups is 1. The summed E-state index contributed by atoms with van der Waals surface area (Å²) in [4.78, 5) is 94.4. The fraction of sp³-hybridized carbons (Fsp3) is 0.500. The van der Waals surface area contributed by atoms with E-state index < -0.39 is 62.6 Å². The van der Waals surface area contributed by atoms with E-state index in [4.69, 9.17) is 9.72 Å². The molecule has 21 heteroatoms. The SMILES string of the molecule is CC[C@@]1(O)C(=O)OCc2c1cc1n(c2=O)Cc2c-1nc1cc(F)c(C)cc1c2CCCNC(=O)CNC(=O)C(CCCCN(C)C)NC(=O)C(NC(=O)CCCC#Cc1cnc(S(C)(=O)=O)nc1)C(C)C. The Kier molecular flexibility index (Phi) is 17.5. The van der Waals surface area contributed by atoms with Crippen molar-refractivity contribution in [1.29, 1.82) is 0 Å². The summed E-state index contributed by atoms with van der Waals surface area (Å²) in [6.07, 6.45) is 6.81. The van der Waals surface area contributed by atoms with Crippen LogP contribution in [0.2, 0.25) is 0 Å². The van der Waals surface area contributed by atoms with E-state index in [1.807, 2.05) is 19.0 Å². The van der Waals surface area contributed by atoms with Crippen LogP contribution in [0.5, 0.6) is 0 Å². The maximum absolute atomic E-state index is 15.0. The van der Waals surface area contributed by atoms with Crippen LogP contribution >= 0.6 is 0 Å². The molecule has 1 aromatic carbocycles. The van der Waals surface area contributed by atoms with E-state index in [9.17, 15) is 46.7 Å². The molecular weight excluding hydrogens is 938 g/mol. The van der Waals surface area contributed by atoms with Gasteiger partial charge in [-0.15, -0.1) is 0 Å². The summed E-state index contributed by atoms with van der Waals surface area (Å²) in [5, 5.41) is 22.8. The van der Waals surface area contributed by atoms with Crippen LogP contribution in [0.15, 0.2) is 40.5 Å². The van der Waals surface area contributed by atoms with E-state index in [-0.39, 0.29) is 73.6 Å². The van der Waals surface area contributed by atoms with Gasteiger partial charge < -0.3 is 40.6 Å². The molecule has 0 saturated carbocycles. The largest absolute Gasteiger partial charge is 0.458 e. The van der Waals surface area contributed by atoms with Crippen LogP contribution in [-0.2, 0) is 63.7 Å². The maximum atomic E-state index is 15.0. The molecule has 6 rings (SSSR count). The first-order chi connectivity index (χ1) is 33.6. The Morgan fingerprint density at radius 1 is 0.986 bits per heavy atom. The van der Waals surface area contributed by atoms with Crippen molar-refractivity contribution < 1.29 is 46.6 Å². The molecule has 0 bridgehead atoms. The molecule has 0 fully saturated rings. The van der Waals surface area contributed by atoms with Gasteiger partial charge in [-0.2, -0.15) is 0 Å². The number of benzene rings is 1. The zero-order valence-corrected chi connectivity index (χ0v) is 42.0. The molecule has 3 atom stereocenters.